The predicted molar refractivity (Wildman–Crippen MR) is 82.0 cm³/mol. The van der Waals surface area contributed by atoms with Crippen LogP contribution < -0.4 is 10.2 Å². The van der Waals surface area contributed by atoms with Crippen LogP contribution in [0, 0.1) is 0 Å². The average Bonchev–Trinajstić information content (AvgIpc) is 3.07. The third kappa shape index (κ3) is 3.58. The second kappa shape index (κ2) is 6.85. The first-order valence-corrected chi connectivity index (χ1v) is 7.85. The molecule has 2 aromatic rings. The zero-order valence-corrected chi connectivity index (χ0v) is 13.3. The van der Waals surface area contributed by atoms with E-state index in [-0.39, 0.29) is 6.04 Å². The largest absolute Gasteiger partial charge is 0.406 e. The topological polar surface area (TPSA) is 54.2 Å². The highest BCUT2D eigenvalue weighted by atomic mass is 32.1. The van der Waals surface area contributed by atoms with E-state index in [9.17, 15) is 0 Å². The fourth-order valence-electron chi connectivity index (χ4n) is 1.95. The van der Waals surface area contributed by atoms with Crippen molar-refractivity contribution in [3.63, 3.8) is 0 Å². The van der Waals surface area contributed by atoms with Gasteiger partial charge >= 0.3 is 6.01 Å². The van der Waals surface area contributed by atoms with Crippen molar-refractivity contribution in [3.8, 4) is 0 Å². The monoisotopic (exact) mass is 294 g/mol. The molecule has 0 aliphatic carbocycles. The number of nitrogens with one attached hydrogen (secondary N) is 1. The number of hydrogen-bond donors (Lipinski definition) is 1. The van der Waals surface area contributed by atoms with Gasteiger partial charge in [-0.3, -0.25) is 0 Å². The van der Waals surface area contributed by atoms with E-state index in [0.717, 1.165) is 13.1 Å². The van der Waals surface area contributed by atoms with Crippen LogP contribution >= 0.6 is 11.3 Å². The Morgan fingerprint density at radius 3 is 2.75 bits per heavy atom. The third-order valence-corrected chi connectivity index (χ3v) is 3.95. The number of aromatic nitrogens is 2. The SMILES string of the molecule is CCNC(C)c1nnc(N(Cc2cccs2)C(C)C)o1. The van der Waals surface area contributed by atoms with Crippen LogP contribution in [0.1, 0.15) is 44.5 Å². The highest BCUT2D eigenvalue weighted by molar-refractivity contribution is 7.09. The van der Waals surface area contributed by atoms with Gasteiger partial charge in [0.05, 0.1) is 12.6 Å². The lowest BCUT2D eigenvalue weighted by Crippen LogP contribution is -2.30. The van der Waals surface area contributed by atoms with Crippen molar-refractivity contribution in [3.05, 3.63) is 28.3 Å². The van der Waals surface area contributed by atoms with Crippen LogP contribution in [0.4, 0.5) is 6.01 Å². The molecule has 110 valence electrons. The summed E-state index contributed by atoms with van der Waals surface area (Å²) in [6.07, 6.45) is 0. The zero-order chi connectivity index (χ0) is 14.5. The number of thiophene rings is 1. The van der Waals surface area contributed by atoms with Gasteiger partial charge in [0.1, 0.15) is 0 Å². The van der Waals surface area contributed by atoms with Crippen LogP contribution in [-0.4, -0.2) is 22.8 Å². The lowest BCUT2D eigenvalue weighted by Gasteiger charge is -2.23. The molecule has 1 unspecified atom stereocenters. The van der Waals surface area contributed by atoms with Gasteiger partial charge in [-0.1, -0.05) is 18.1 Å². The van der Waals surface area contributed by atoms with E-state index in [4.69, 9.17) is 4.42 Å². The summed E-state index contributed by atoms with van der Waals surface area (Å²) in [6, 6.07) is 5.16. The molecular formula is C14H22N4OS. The maximum Gasteiger partial charge on any atom is 0.318 e. The summed E-state index contributed by atoms with van der Waals surface area (Å²) in [5, 5.41) is 13.7. The van der Waals surface area contributed by atoms with Crippen LogP contribution in [0.2, 0.25) is 0 Å². The van der Waals surface area contributed by atoms with Crippen molar-refractivity contribution in [1.29, 1.82) is 0 Å². The van der Waals surface area contributed by atoms with Gasteiger partial charge in [0.15, 0.2) is 0 Å². The van der Waals surface area contributed by atoms with Crippen LogP contribution in [0.25, 0.3) is 0 Å². The predicted octanol–water partition coefficient (Wildman–Crippen LogP) is 3.22. The standard InChI is InChI=1S/C14H22N4OS/c1-5-15-11(4)13-16-17-14(19-13)18(10(2)3)9-12-7-6-8-20-12/h6-8,10-11,15H,5,9H2,1-4H3. The van der Waals surface area contributed by atoms with Crippen molar-refractivity contribution in [2.75, 3.05) is 11.4 Å². The molecule has 0 saturated carbocycles. The molecule has 0 aliphatic rings. The van der Waals surface area contributed by atoms with Gasteiger partial charge in [-0.2, -0.15) is 0 Å². The van der Waals surface area contributed by atoms with Gasteiger partial charge < -0.3 is 14.6 Å². The lowest BCUT2D eigenvalue weighted by molar-refractivity contribution is 0.413. The molecule has 0 aromatic carbocycles. The quantitative estimate of drug-likeness (QED) is 0.849. The van der Waals surface area contributed by atoms with Gasteiger partial charge in [0, 0.05) is 10.9 Å². The van der Waals surface area contributed by atoms with Gasteiger partial charge in [0.25, 0.3) is 0 Å². The van der Waals surface area contributed by atoms with Crippen LogP contribution in [0.15, 0.2) is 21.9 Å². The lowest BCUT2D eigenvalue weighted by atomic mass is 10.3. The van der Waals surface area contributed by atoms with Crippen LogP contribution in [0.3, 0.4) is 0 Å². The number of hydrogen-bond acceptors (Lipinski definition) is 6. The second-order valence-corrected chi connectivity index (χ2v) is 6.04. The second-order valence-electron chi connectivity index (χ2n) is 5.00. The van der Waals surface area contributed by atoms with E-state index >= 15 is 0 Å². The van der Waals surface area contributed by atoms with Gasteiger partial charge in [-0.25, -0.2) is 0 Å². The summed E-state index contributed by atoms with van der Waals surface area (Å²) in [4.78, 5) is 3.42. The molecule has 2 aromatic heterocycles. The molecular weight excluding hydrogens is 272 g/mol. The first-order valence-electron chi connectivity index (χ1n) is 6.97. The smallest absolute Gasteiger partial charge is 0.318 e. The zero-order valence-electron chi connectivity index (χ0n) is 12.5. The van der Waals surface area contributed by atoms with E-state index in [1.54, 1.807) is 11.3 Å². The highest BCUT2D eigenvalue weighted by Gasteiger charge is 2.20. The first-order chi connectivity index (χ1) is 9.61. The molecule has 0 saturated heterocycles. The molecule has 0 spiro atoms. The van der Waals surface area contributed by atoms with Gasteiger partial charge in [-0.05, 0) is 38.8 Å². The Morgan fingerprint density at radius 1 is 1.35 bits per heavy atom. The Bertz CT molecular complexity index is 509. The molecule has 0 bridgehead atoms. The minimum absolute atomic E-state index is 0.0806. The number of rotatable bonds is 7. The molecule has 0 radical (unpaired) electrons. The maximum absolute atomic E-state index is 5.82. The van der Waals surface area contributed by atoms with Crippen LogP contribution in [-0.2, 0) is 6.54 Å². The summed E-state index contributed by atoms with van der Waals surface area (Å²) < 4.78 is 5.82. The van der Waals surface area contributed by atoms with Crippen molar-refractivity contribution in [2.45, 2.75) is 46.3 Å². The van der Waals surface area contributed by atoms with E-state index < -0.39 is 0 Å². The van der Waals surface area contributed by atoms with Crippen molar-refractivity contribution >= 4 is 17.4 Å². The minimum atomic E-state index is 0.0806. The molecule has 6 heteroatoms. The highest BCUT2D eigenvalue weighted by Crippen LogP contribution is 2.22. The Kier molecular flexibility index (Phi) is 5.14. The first kappa shape index (κ1) is 15.0. The Hall–Kier alpha value is -1.40. The van der Waals surface area contributed by atoms with E-state index in [1.807, 2.05) is 6.92 Å². The summed E-state index contributed by atoms with van der Waals surface area (Å²) in [6.45, 7) is 10.0. The summed E-state index contributed by atoms with van der Waals surface area (Å²) >= 11 is 1.74. The maximum atomic E-state index is 5.82. The molecule has 1 atom stereocenters. The van der Waals surface area contributed by atoms with Crippen LogP contribution in [0.5, 0.6) is 0 Å². The Morgan fingerprint density at radius 2 is 2.15 bits per heavy atom. The van der Waals surface area contributed by atoms with Crippen molar-refractivity contribution < 1.29 is 4.42 Å². The third-order valence-electron chi connectivity index (χ3n) is 3.09. The molecule has 5 nitrogen and oxygen atoms in total. The molecule has 2 rings (SSSR count). The summed E-state index contributed by atoms with van der Waals surface area (Å²) in [5.74, 6) is 0.638. The number of nitrogens with zero attached hydrogens (tertiary/aromatic N) is 3. The molecule has 0 fully saturated rings. The fourth-order valence-corrected chi connectivity index (χ4v) is 2.66. The normalized spacial score (nSPS) is 12.8. The Labute approximate surface area is 124 Å². The minimum Gasteiger partial charge on any atom is -0.406 e. The van der Waals surface area contributed by atoms with E-state index in [1.165, 1.54) is 4.88 Å². The summed E-state index contributed by atoms with van der Waals surface area (Å²) in [5.41, 5.74) is 0. The molecule has 0 aliphatic heterocycles. The molecule has 0 amide bonds. The fraction of sp³-hybridized carbons (Fsp3) is 0.571. The summed E-state index contributed by atoms with van der Waals surface area (Å²) in [7, 11) is 0. The van der Waals surface area contributed by atoms with Crippen molar-refractivity contribution in [2.24, 2.45) is 0 Å². The number of anilines is 1. The Balaban J connectivity index is 2.13. The van der Waals surface area contributed by atoms with Gasteiger partial charge in [0.2, 0.25) is 5.89 Å². The average molecular weight is 294 g/mol. The van der Waals surface area contributed by atoms with E-state index in [2.05, 4.69) is 58.7 Å². The van der Waals surface area contributed by atoms with E-state index in [0.29, 0.717) is 17.9 Å². The van der Waals surface area contributed by atoms with Gasteiger partial charge in [-0.15, -0.1) is 16.4 Å². The molecule has 1 N–H and O–H groups in total. The molecule has 2 heterocycles. The van der Waals surface area contributed by atoms with Crippen molar-refractivity contribution in [1.82, 2.24) is 15.5 Å². The molecule has 20 heavy (non-hydrogen) atoms.